The molecule has 5 nitrogen and oxygen atoms in total. The third kappa shape index (κ3) is 3.05. The van der Waals surface area contributed by atoms with Crippen LogP contribution < -0.4 is 0 Å². The standard InChI is InChI=1S/C11H13NO4/c1-3-15-10(13)8-6-5-7-9(12-8)11(14)16-4-2/h5-7H,3-4H2,1-2H3/i5D,6D,7D. The molecule has 1 aromatic rings. The van der Waals surface area contributed by atoms with Crippen LogP contribution in [-0.2, 0) is 9.47 Å². The van der Waals surface area contributed by atoms with E-state index >= 15 is 0 Å². The minimum atomic E-state index is -0.911. The van der Waals surface area contributed by atoms with Crippen molar-refractivity contribution in [3.05, 3.63) is 29.5 Å². The van der Waals surface area contributed by atoms with Gasteiger partial charge in [-0.3, -0.25) is 0 Å². The number of carbonyl (C=O) groups is 2. The highest BCUT2D eigenvalue weighted by Crippen LogP contribution is 2.03. The second-order valence-corrected chi connectivity index (χ2v) is 2.62. The minimum Gasteiger partial charge on any atom is -0.461 e. The fourth-order valence-electron chi connectivity index (χ4n) is 0.910. The predicted octanol–water partition coefficient (Wildman–Crippen LogP) is 1.44. The van der Waals surface area contributed by atoms with Gasteiger partial charge in [0, 0.05) is 0 Å². The van der Waals surface area contributed by atoms with Gasteiger partial charge in [0.05, 0.1) is 17.3 Å². The van der Waals surface area contributed by atoms with Gasteiger partial charge in [-0.15, -0.1) is 0 Å². The molecule has 0 aliphatic heterocycles. The summed E-state index contributed by atoms with van der Waals surface area (Å²) in [6, 6.07) is -1.66. The third-order valence-corrected chi connectivity index (χ3v) is 1.52. The van der Waals surface area contributed by atoms with Gasteiger partial charge in [-0.1, -0.05) is 6.04 Å². The minimum absolute atomic E-state index is 0.0741. The Morgan fingerprint density at radius 1 is 1.19 bits per heavy atom. The molecule has 0 N–H and O–H groups in total. The molecule has 0 aliphatic rings. The first-order valence-electron chi connectivity index (χ1n) is 6.26. The summed E-state index contributed by atoms with van der Waals surface area (Å²) in [6.45, 7) is 3.30. The molecule has 1 aromatic heterocycles. The molecular weight excluding hydrogens is 210 g/mol. The van der Waals surface area contributed by atoms with Gasteiger partial charge in [0.15, 0.2) is 0 Å². The highest BCUT2D eigenvalue weighted by molar-refractivity contribution is 5.91. The van der Waals surface area contributed by atoms with Gasteiger partial charge in [-0.25, -0.2) is 14.6 Å². The fraction of sp³-hybridized carbons (Fsp3) is 0.364. The van der Waals surface area contributed by atoms with Crippen molar-refractivity contribution in [2.75, 3.05) is 13.2 Å². The maximum absolute atomic E-state index is 11.6. The zero-order chi connectivity index (χ0) is 14.6. The van der Waals surface area contributed by atoms with Crippen molar-refractivity contribution in [1.29, 1.82) is 0 Å². The molecular formula is C11H13NO4. The molecule has 0 saturated carbocycles. The number of ether oxygens (including phenoxy) is 2. The number of esters is 2. The number of aromatic nitrogens is 1. The monoisotopic (exact) mass is 226 g/mol. The zero-order valence-corrected chi connectivity index (χ0v) is 8.99. The molecule has 0 bridgehead atoms. The Morgan fingerprint density at radius 2 is 1.62 bits per heavy atom. The molecule has 0 saturated heterocycles. The van der Waals surface area contributed by atoms with Crippen LogP contribution in [0, 0.1) is 0 Å². The van der Waals surface area contributed by atoms with Gasteiger partial charge in [-0.05, 0) is 25.9 Å². The van der Waals surface area contributed by atoms with E-state index in [1.807, 2.05) is 0 Å². The molecule has 86 valence electrons. The van der Waals surface area contributed by atoms with E-state index in [2.05, 4.69) is 14.5 Å². The van der Waals surface area contributed by atoms with Crippen molar-refractivity contribution >= 4 is 11.9 Å². The summed E-state index contributed by atoms with van der Waals surface area (Å²) in [5.74, 6) is -1.82. The summed E-state index contributed by atoms with van der Waals surface area (Å²) in [6.07, 6.45) is 0. The van der Waals surface area contributed by atoms with E-state index in [1.165, 1.54) is 0 Å². The van der Waals surface area contributed by atoms with E-state index in [4.69, 9.17) is 4.11 Å². The van der Waals surface area contributed by atoms with Gasteiger partial charge in [0.2, 0.25) is 0 Å². The Balaban J connectivity index is 3.34. The van der Waals surface area contributed by atoms with Gasteiger partial charge in [0.25, 0.3) is 0 Å². The summed E-state index contributed by atoms with van der Waals surface area (Å²) in [4.78, 5) is 26.7. The molecule has 5 heteroatoms. The molecule has 0 fully saturated rings. The molecule has 16 heavy (non-hydrogen) atoms. The first-order chi connectivity index (χ1) is 8.93. The summed E-state index contributed by atoms with van der Waals surface area (Å²) >= 11 is 0. The average molecular weight is 226 g/mol. The Labute approximate surface area is 97.6 Å². The number of pyridine rings is 1. The van der Waals surface area contributed by atoms with Crippen LogP contribution in [0.25, 0.3) is 0 Å². The first kappa shape index (κ1) is 8.27. The molecule has 1 rings (SSSR count). The van der Waals surface area contributed by atoms with E-state index < -0.39 is 41.5 Å². The van der Waals surface area contributed by atoms with Crippen LogP contribution in [-0.4, -0.2) is 30.1 Å². The maximum Gasteiger partial charge on any atom is 0.356 e. The molecule has 0 aliphatic carbocycles. The summed E-state index contributed by atoms with van der Waals surface area (Å²) in [5, 5.41) is 0. The fourth-order valence-corrected chi connectivity index (χ4v) is 0.910. The quantitative estimate of drug-likeness (QED) is 0.727. The normalized spacial score (nSPS) is 12.2. The molecule has 0 atom stereocenters. The molecule has 1 heterocycles. The molecule has 0 spiro atoms. The van der Waals surface area contributed by atoms with Crippen LogP contribution in [0.15, 0.2) is 18.1 Å². The lowest BCUT2D eigenvalue weighted by Gasteiger charge is -2.03. The Morgan fingerprint density at radius 3 is 2.00 bits per heavy atom. The average Bonchev–Trinajstić information content (AvgIpc) is 2.36. The number of hydrogen-bond acceptors (Lipinski definition) is 5. The second kappa shape index (κ2) is 5.85. The van der Waals surface area contributed by atoms with Crippen molar-refractivity contribution in [3.8, 4) is 0 Å². The highest BCUT2D eigenvalue weighted by Gasteiger charge is 2.13. The van der Waals surface area contributed by atoms with Crippen molar-refractivity contribution in [3.63, 3.8) is 0 Å². The number of nitrogens with zero attached hydrogens (tertiary/aromatic N) is 1. The van der Waals surface area contributed by atoms with Crippen LogP contribution in [0.1, 0.15) is 38.9 Å². The smallest absolute Gasteiger partial charge is 0.356 e. The van der Waals surface area contributed by atoms with Gasteiger partial charge < -0.3 is 9.47 Å². The molecule has 0 amide bonds. The van der Waals surface area contributed by atoms with Crippen molar-refractivity contribution < 1.29 is 23.2 Å². The van der Waals surface area contributed by atoms with Crippen LogP contribution in [0.2, 0.25) is 0 Å². The number of rotatable bonds is 4. The lowest BCUT2D eigenvalue weighted by molar-refractivity contribution is 0.0511. The Bertz CT molecular complexity index is 477. The first-order valence-corrected chi connectivity index (χ1v) is 4.76. The van der Waals surface area contributed by atoms with Gasteiger partial charge >= 0.3 is 11.9 Å². The lowest BCUT2D eigenvalue weighted by atomic mass is 10.3. The van der Waals surface area contributed by atoms with Gasteiger partial charge in [0.1, 0.15) is 11.4 Å². The third-order valence-electron chi connectivity index (χ3n) is 1.52. The molecule has 0 radical (unpaired) electrons. The SMILES string of the molecule is [2H]c1c(C(=O)OCC)nc(C(=O)OCC)c([2H])c1[2H]. The van der Waals surface area contributed by atoms with E-state index in [-0.39, 0.29) is 13.2 Å². The van der Waals surface area contributed by atoms with Crippen molar-refractivity contribution in [2.24, 2.45) is 0 Å². The summed E-state index contributed by atoms with van der Waals surface area (Å²) in [7, 11) is 0. The predicted molar refractivity (Wildman–Crippen MR) is 56.2 cm³/mol. The van der Waals surface area contributed by atoms with E-state index in [1.54, 1.807) is 13.8 Å². The maximum atomic E-state index is 11.6. The van der Waals surface area contributed by atoms with E-state index in [0.29, 0.717) is 0 Å². The van der Waals surface area contributed by atoms with Crippen molar-refractivity contribution in [1.82, 2.24) is 4.98 Å². The highest BCUT2D eigenvalue weighted by atomic mass is 16.5. The Kier molecular flexibility index (Phi) is 3.02. The van der Waals surface area contributed by atoms with E-state index in [9.17, 15) is 9.59 Å². The van der Waals surface area contributed by atoms with Crippen LogP contribution >= 0.6 is 0 Å². The molecule has 0 unspecified atom stereocenters. The van der Waals surface area contributed by atoms with Crippen LogP contribution in [0.5, 0.6) is 0 Å². The summed E-state index contributed by atoms with van der Waals surface area (Å²) in [5.41, 5.74) is -0.934. The van der Waals surface area contributed by atoms with Crippen LogP contribution in [0.3, 0.4) is 0 Å². The van der Waals surface area contributed by atoms with Gasteiger partial charge in [-0.2, -0.15) is 0 Å². The largest absolute Gasteiger partial charge is 0.461 e. The van der Waals surface area contributed by atoms with Crippen LogP contribution in [0.4, 0.5) is 0 Å². The number of carbonyl (C=O) groups excluding carboxylic acids is 2. The Hall–Kier alpha value is -1.91. The second-order valence-electron chi connectivity index (χ2n) is 2.62. The zero-order valence-electron chi connectivity index (χ0n) is 12.0. The number of hydrogen-bond donors (Lipinski definition) is 0. The topological polar surface area (TPSA) is 65.5 Å². The summed E-state index contributed by atoms with van der Waals surface area (Å²) < 4.78 is 32.0. The van der Waals surface area contributed by atoms with Crippen molar-refractivity contribution in [2.45, 2.75) is 13.8 Å². The van der Waals surface area contributed by atoms with E-state index in [0.717, 1.165) is 0 Å². The lowest BCUT2D eigenvalue weighted by Crippen LogP contribution is -2.12. The molecule has 0 aromatic carbocycles.